The van der Waals surface area contributed by atoms with Gasteiger partial charge in [-0.3, -0.25) is 14.7 Å². The Morgan fingerprint density at radius 2 is 1.97 bits per heavy atom. The Morgan fingerprint density at radius 1 is 1.14 bits per heavy atom. The Bertz CT molecular complexity index is 947. The summed E-state index contributed by atoms with van der Waals surface area (Å²) in [4.78, 5) is 19.0. The molecule has 7 heteroatoms. The van der Waals surface area contributed by atoms with E-state index in [-0.39, 0.29) is 11.9 Å². The minimum Gasteiger partial charge on any atom is -0.349 e. The van der Waals surface area contributed by atoms with Crippen molar-refractivity contribution in [2.24, 2.45) is 0 Å². The Kier molecular flexibility index (Phi) is 5.95. The summed E-state index contributed by atoms with van der Waals surface area (Å²) < 4.78 is 1.85. The molecule has 0 spiro atoms. The highest BCUT2D eigenvalue weighted by Crippen LogP contribution is 2.15. The molecule has 0 aliphatic carbocycles. The third-order valence-electron chi connectivity index (χ3n) is 5.35. The highest BCUT2D eigenvalue weighted by Gasteiger charge is 2.22. The number of likely N-dealkylation sites (tertiary alicyclic amines) is 1. The Hall–Kier alpha value is -3.06. The van der Waals surface area contributed by atoms with Crippen molar-refractivity contribution in [1.82, 2.24) is 30.2 Å². The number of aromatic nitrogens is 4. The van der Waals surface area contributed by atoms with Crippen molar-refractivity contribution in [2.75, 3.05) is 13.1 Å². The molecule has 150 valence electrons. The van der Waals surface area contributed by atoms with E-state index in [4.69, 9.17) is 0 Å². The molecule has 1 aromatic carbocycles. The number of rotatable bonds is 6. The molecule has 3 aromatic rings. The molecule has 0 saturated carbocycles. The monoisotopic (exact) mass is 390 g/mol. The summed E-state index contributed by atoms with van der Waals surface area (Å²) in [5.41, 5.74) is 3.85. The van der Waals surface area contributed by atoms with E-state index in [9.17, 15) is 4.79 Å². The second-order valence-electron chi connectivity index (χ2n) is 7.61. The molecule has 1 aliphatic rings. The van der Waals surface area contributed by atoms with Crippen molar-refractivity contribution in [1.29, 1.82) is 0 Å². The number of pyridine rings is 1. The van der Waals surface area contributed by atoms with E-state index in [1.807, 2.05) is 60.4 Å². The number of nitrogens with one attached hydrogen (secondary N) is 1. The summed E-state index contributed by atoms with van der Waals surface area (Å²) in [7, 11) is 0. The minimum absolute atomic E-state index is 0.0277. The average molecular weight is 390 g/mol. The Balaban J connectivity index is 1.25. The molecule has 1 N–H and O–H groups in total. The number of nitrogens with zero attached hydrogens (tertiary/aromatic N) is 5. The van der Waals surface area contributed by atoms with Crippen LogP contribution in [0, 0.1) is 6.92 Å². The number of piperidine rings is 1. The van der Waals surface area contributed by atoms with Crippen LogP contribution in [0.4, 0.5) is 0 Å². The molecule has 0 radical (unpaired) electrons. The lowest BCUT2D eigenvalue weighted by Gasteiger charge is -2.31. The lowest BCUT2D eigenvalue weighted by molar-refractivity contribution is 0.0908. The van der Waals surface area contributed by atoms with Crippen molar-refractivity contribution in [3.05, 3.63) is 77.4 Å². The molecule has 1 amide bonds. The van der Waals surface area contributed by atoms with Gasteiger partial charge in [0.1, 0.15) is 0 Å². The zero-order valence-corrected chi connectivity index (χ0v) is 16.7. The number of carbonyl (C=O) groups excluding carboxylic acids is 1. The van der Waals surface area contributed by atoms with E-state index in [1.54, 1.807) is 6.20 Å². The van der Waals surface area contributed by atoms with Crippen LogP contribution in [-0.2, 0) is 13.1 Å². The number of amides is 1. The lowest BCUT2D eigenvalue weighted by Crippen LogP contribution is -2.44. The first-order valence-electron chi connectivity index (χ1n) is 10.0. The van der Waals surface area contributed by atoms with Gasteiger partial charge in [0.2, 0.25) is 0 Å². The van der Waals surface area contributed by atoms with Gasteiger partial charge in [0.15, 0.2) is 0 Å². The van der Waals surface area contributed by atoms with Gasteiger partial charge in [-0.15, -0.1) is 5.10 Å². The smallest absolute Gasteiger partial charge is 0.251 e. The van der Waals surface area contributed by atoms with E-state index in [1.165, 1.54) is 0 Å². The van der Waals surface area contributed by atoms with E-state index in [0.717, 1.165) is 54.9 Å². The van der Waals surface area contributed by atoms with Gasteiger partial charge in [-0.2, -0.15) is 0 Å². The highest BCUT2D eigenvalue weighted by atomic mass is 16.1. The molecule has 0 atom stereocenters. The molecular formula is C22H26N6O. The third kappa shape index (κ3) is 5.06. The first-order valence-corrected chi connectivity index (χ1v) is 10.0. The summed E-state index contributed by atoms with van der Waals surface area (Å²) in [5.74, 6) is 0.0277. The predicted molar refractivity (Wildman–Crippen MR) is 110 cm³/mol. The quantitative estimate of drug-likeness (QED) is 0.700. The van der Waals surface area contributed by atoms with Gasteiger partial charge in [0, 0.05) is 43.6 Å². The Labute approximate surface area is 170 Å². The Morgan fingerprint density at radius 3 is 2.72 bits per heavy atom. The van der Waals surface area contributed by atoms with Crippen molar-refractivity contribution in [3.63, 3.8) is 0 Å². The summed E-state index contributed by atoms with van der Waals surface area (Å²) in [6.45, 7) is 5.31. The van der Waals surface area contributed by atoms with E-state index >= 15 is 0 Å². The first kappa shape index (κ1) is 19.3. The molecule has 0 bridgehead atoms. The minimum atomic E-state index is 0.0277. The summed E-state index contributed by atoms with van der Waals surface area (Å²) in [6, 6.07) is 11.9. The fourth-order valence-electron chi connectivity index (χ4n) is 3.72. The van der Waals surface area contributed by atoms with Gasteiger partial charge in [-0.05, 0) is 43.0 Å². The number of hydrogen-bond donors (Lipinski definition) is 1. The van der Waals surface area contributed by atoms with Gasteiger partial charge >= 0.3 is 0 Å². The van der Waals surface area contributed by atoms with Crippen molar-refractivity contribution in [3.8, 4) is 0 Å². The van der Waals surface area contributed by atoms with Gasteiger partial charge < -0.3 is 5.32 Å². The lowest BCUT2D eigenvalue weighted by atomic mass is 10.0. The first-order chi connectivity index (χ1) is 14.2. The number of benzene rings is 1. The van der Waals surface area contributed by atoms with Crippen LogP contribution in [0.1, 0.15) is 40.0 Å². The molecule has 7 nitrogen and oxygen atoms in total. The van der Waals surface area contributed by atoms with Gasteiger partial charge in [-0.25, -0.2) is 4.68 Å². The van der Waals surface area contributed by atoms with Crippen molar-refractivity contribution >= 4 is 5.91 Å². The van der Waals surface area contributed by atoms with Crippen LogP contribution >= 0.6 is 0 Å². The maximum absolute atomic E-state index is 12.5. The molecule has 29 heavy (non-hydrogen) atoms. The van der Waals surface area contributed by atoms with E-state index < -0.39 is 0 Å². The maximum Gasteiger partial charge on any atom is 0.251 e. The maximum atomic E-state index is 12.5. The predicted octanol–water partition coefficient (Wildman–Crippen LogP) is 2.42. The average Bonchev–Trinajstić information content (AvgIpc) is 3.17. The fraction of sp³-hybridized carbons (Fsp3) is 0.364. The second-order valence-corrected chi connectivity index (χ2v) is 7.61. The number of hydrogen-bond acceptors (Lipinski definition) is 5. The largest absolute Gasteiger partial charge is 0.349 e. The number of carbonyl (C=O) groups is 1. The molecule has 3 heterocycles. The van der Waals surface area contributed by atoms with Crippen LogP contribution in [0.15, 0.2) is 55.0 Å². The van der Waals surface area contributed by atoms with Crippen LogP contribution in [0.5, 0.6) is 0 Å². The van der Waals surface area contributed by atoms with Crippen LogP contribution in [0.3, 0.4) is 0 Å². The fourth-order valence-corrected chi connectivity index (χ4v) is 3.72. The SMILES string of the molecule is Cc1ccccc1C(=O)NC1CCN(Cc2cn(Cc3cccnc3)nn2)CC1. The molecule has 4 rings (SSSR count). The normalized spacial score (nSPS) is 15.3. The third-order valence-corrected chi connectivity index (χ3v) is 5.35. The van der Waals surface area contributed by atoms with Crippen LogP contribution in [0.25, 0.3) is 0 Å². The van der Waals surface area contributed by atoms with Gasteiger partial charge in [-0.1, -0.05) is 29.5 Å². The standard InChI is InChI=1S/C22H26N6O/c1-17-5-2-3-7-21(17)22(29)24-19-8-11-27(12-9-19)15-20-16-28(26-25-20)14-18-6-4-10-23-13-18/h2-7,10,13,16,19H,8-9,11-12,14-15H2,1H3,(H,24,29). The highest BCUT2D eigenvalue weighted by molar-refractivity contribution is 5.95. The molecular weight excluding hydrogens is 364 g/mol. The van der Waals surface area contributed by atoms with Crippen LogP contribution < -0.4 is 5.32 Å². The van der Waals surface area contributed by atoms with Crippen LogP contribution in [0.2, 0.25) is 0 Å². The summed E-state index contributed by atoms with van der Waals surface area (Å²) in [5, 5.41) is 11.7. The number of aryl methyl sites for hydroxylation is 1. The molecule has 1 saturated heterocycles. The van der Waals surface area contributed by atoms with Gasteiger partial charge in [0.05, 0.1) is 18.4 Å². The molecule has 1 fully saturated rings. The van der Waals surface area contributed by atoms with E-state index in [2.05, 4.69) is 25.5 Å². The second kappa shape index (κ2) is 8.96. The van der Waals surface area contributed by atoms with Gasteiger partial charge in [0.25, 0.3) is 5.91 Å². The van der Waals surface area contributed by atoms with Crippen LogP contribution in [-0.4, -0.2) is 49.9 Å². The topological polar surface area (TPSA) is 75.9 Å². The molecule has 2 aromatic heterocycles. The zero-order chi connectivity index (χ0) is 20.1. The zero-order valence-electron chi connectivity index (χ0n) is 16.7. The molecule has 1 aliphatic heterocycles. The van der Waals surface area contributed by atoms with E-state index in [0.29, 0.717) is 6.54 Å². The van der Waals surface area contributed by atoms with Crippen molar-refractivity contribution in [2.45, 2.75) is 38.9 Å². The van der Waals surface area contributed by atoms with Crippen molar-refractivity contribution < 1.29 is 4.79 Å². The summed E-state index contributed by atoms with van der Waals surface area (Å²) >= 11 is 0. The molecule has 0 unspecified atom stereocenters. The summed E-state index contributed by atoms with van der Waals surface area (Å²) in [6.07, 6.45) is 7.50.